The summed E-state index contributed by atoms with van der Waals surface area (Å²) >= 11 is 0.263. The first-order valence-corrected chi connectivity index (χ1v) is 8.83. The predicted octanol–water partition coefficient (Wildman–Crippen LogP) is 4.17. The van der Waals surface area contributed by atoms with Crippen LogP contribution in [0.3, 0.4) is 0 Å². The summed E-state index contributed by atoms with van der Waals surface area (Å²) in [5, 5.41) is 2.68. The van der Waals surface area contributed by atoms with E-state index in [0.717, 1.165) is 11.1 Å². The van der Waals surface area contributed by atoms with Gasteiger partial charge in [-0.1, -0.05) is 53.7 Å². The van der Waals surface area contributed by atoms with Crippen molar-refractivity contribution in [3.05, 3.63) is 65.2 Å². The summed E-state index contributed by atoms with van der Waals surface area (Å²) in [5.74, 6) is -3.93. The summed E-state index contributed by atoms with van der Waals surface area (Å²) in [6.07, 6.45) is -1.04. The topological polar surface area (TPSA) is 55.4 Å². The summed E-state index contributed by atoms with van der Waals surface area (Å²) in [6.45, 7) is 3.71. The fourth-order valence-electron chi connectivity index (χ4n) is 2.15. The van der Waals surface area contributed by atoms with Crippen molar-refractivity contribution >= 4 is 23.6 Å². The average molecular weight is 379 g/mol. The van der Waals surface area contributed by atoms with Crippen molar-refractivity contribution in [2.24, 2.45) is 0 Å². The molecule has 0 aromatic heterocycles. The molecule has 0 saturated heterocycles. The standard InChI is InChI=1S/C19H19F2NO3S/c1-12-7-9-14(10-8-12)11-22-17(23)13(2)25-18(24)15-5-3-4-6-16(15)26-19(20)21/h3-10,13,19H,11H2,1-2H3,(H,22,23)/t13-/m1/s1. The smallest absolute Gasteiger partial charge is 0.340 e. The van der Waals surface area contributed by atoms with Gasteiger partial charge >= 0.3 is 5.97 Å². The van der Waals surface area contributed by atoms with Crippen molar-refractivity contribution < 1.29 is 23.1 Å². The van der Waals surface area contributed by atoms with Crippen LogP contribution < -0.4 is 5.32 Å². The Balaban J connectivity index is 1.94. The highest BCUT2D eigenvalue weighted by atomic mass is 32.2. The minimum absolute atomic E-state index is 0.0102. The summed E-state index contributed by atoms with van der Waals surface area (Å²) in [5.41, 5.74) is 2.04. The Bertz CT molecular complexity index is 766. The Labute approximate surface area is 154 Å². The number of carbonyl (C=O) groups excluding carboxylic acids is 2. The van der Waals surface area contributed by atoms with E-state index in [-0.39, 0.29) is 22.2 Å². The summed E-state index contributed by atoms with van der Waals surface area (Å²) in [6, 6.07) is 13.6. The monoisotopic (exact) mass is 379 g/mol. The number of aryl methyl sites for hydroxylation is 1. The molecule has 1 amide bonds. The molecule has 138 valence electrons. The van der Waals surface area contributed by atoms with Crippen LogP contribution in [0.1, 0.15) is 28.4 Å². The van der Waals surface area contributed by atoms with Gasteiger partial charge in [0.1, 0.15) is 0 Å². The first-order chi connectivity index (χ1) is 12.4. The first kappa shape index (κ1) is 19.9. The molecule has 0 unspecified atom stereocenters. The van der Waals surface area contributed by atoms with E-state index in [4.69, 9.17) is 4.74 Å². The Kier molecular flexibility index (Phi) is 7.15. The van der Waals surface area contributed by atoms with E-state index in [1.165, 1.54) is 19.1 Å². The van der Waals surface area contributed by atoms with Crippen molar-refractivity contribution in [3.8, 4) is 0 Å². The first-order valence-electron chi connectivity index (χ1n) is 7.95. The van der Waals surface area contributed by atoms with Gasteiger partial charge in [0, 0.05) is 11.4 Å². The predicted molar refractivity (Wildman–Crippen MR) is 96.2 cm³/mol. The molecule has 0 spiro atoms. The fourth-order valence-corrected chi connectivity index (χ4v) is 2.78. The van der Waals surface area contributed by atoms with E-state index >= 15 is 0 Å². The van der Waals surface area contributed by atoms with E-state index in [1.54, 1.807) is 12.1 Å². The lowest BCUT2D eigenvalue weighted by atomic mass is 10.1. The number of benzene rings is 2. The lowest BCUT2D eigenvalue weighted by Gasteiger charge is -2.15. The number of amides is 1. The Hall–Kier alpha value is -2.41. The van der Waals surface area contributed by atoms with E-state index in [0.29, 0.717) is 6.54 Å². The number of hydrogen-bond donors (Lipinski definition) is 1. The second kappa shape index (κ2) is 9.33. The number of alkyl halides is 2. The third-order valence-corrected chi connectivity index (χ3v) is 4.35. The zero-order valence-electron chi connectivity index (χ0n) is 14.4. The van der Waals surface area contributed by atoms with Crippen LogP contribution in [-0.2, 0) is 16.1 Å². The summed E-state index contributed by atoms with van der Waals surface area (Å²) in [4.78, 5) is 24.4. The van der Waals surface area contributed by atoms with Crippen LogP contribution >= 0.6 is 11.8 Å². The Morgan fingerprint density at radius 1 is 1.12 bits per heavy atom. The minimum Gasteiger partial charge on any atom is -0.449 e. The van der Waals surface area contributed by atoms with Gasteiger partial charge < -0.3 is 10.1 Å². The molecule has 4 nitrogen and oxygen atoms in total. The number of carbonyl (C=O) groups is 2. The van der Waals surface area contributed by atoms with Gasteiger partial charge in [-0.25, -0.2) is 4.79 Å². The van der Waals surface area contributed by atoms with Crippen molar-refractivity contribution in [2.45, 2.75) is 37.1 Å². The van der Waals surface area contributed by atoms with Crippen LogP contribution in [0, 0.1) is 6.92 Å². The minimum atomic E-state index is -2.65. The van der Waals surface area contributed by atoms with Gasteiger partial charge in [-0.05, 0) is 31.5 Å². The van der Waals surface area contributed by atoms with Gasteiger partial charge in [0.15, 0.2) is 6.10 Å². The zero-order chi connectivity index (χ0) is 19.1. The summed E-state index contributed by atoms with van der Waals surface area (Å²) in [7, 11) is 0. The zero-order valence-corrected chi connectivity index (χ0v) is 15.2. The third kappa shape index (κ3) is 5.84. The highest BCUT2D eigenvalue weighted by Gasteiger charge is 2.21. The summed E-state index contributed by atoms with van der Waals surface area (Å²) < 4.78 is 30.3. The van der Waals surface area contributed by atoms with Gasteiger partial charge in [0.05, 0.1) is 5.56 Å². The number of thioether (sulfide) groups is 1. The van der Waals surface area contributed by atoms with E-state index < -0.39 is 23.7 Å². The molecule has 7 heteroatoms. The van der Waals surface area contributed by atoms with Gasteiger partial charge in [-0.2, -0.15) is 8.78 Å². The molecule has 0 bridgehead atoms. The second-order valence-corrected chi connectivity index (χ2v) is 6.66. The van der Waals surface area contributed by atoms with Gasteiger partial charge in [-0.15, -0.1) is 0 Å². The average Bonchev–Trinajstić information content (AvgIpc) is 2.60. The Morgan fingerprint density at radius 3 is 2.42 bits per heavy atom. The van der Waals surface area contributed by atoms with Crippen molar-refractivity contribution in [2.75, 3.05) is 0 Å². The number of nitrogens with one attached hydrogen (secondary N) is 1. The van der Waals surface area contributed by atoms with Gasteiger partial charge in [0.25, 0.3) is 11.7 Å². The Morgan fingerprint density at radius 2 is 1.77 bits per heavy atom. The van der Waals surface area contributed by atoms with Crippen LogP contribution in [0.2, 0.25) is 0 Å². The van der Waals surface area contributed by atoms with E-state index in [1.807, 2.05) is 31.2 Å². The van der Waals surface area contributed by atoms with Crippen molar-refractivity contribution in [1.29, 1.82) is 0 Å². The lowest BCUT2D eigenvalue weighted by molar-refractivity contribution is -0.129. The molecule has 2 aromatic carbocycles. The van der Waals surface area contributed by atoms with Gasteiger partial charge in [0.2, 0.25) is 0 Å². The molecule has 0 aliphatic carbocycles. The van der Waals surface area contributed by atoms with E-state index in [9.17, 15) is 18.4 Å². The van der Waals surface area contributed by atoms with Gasteiger partial charge in [-0.3, -0.25) is 4.79 Å². The lowest BCUT2D eigenvalue weighted by Crippen LogP contribution is -2.35. The molecule has 0 saturated carbocycles. The normalized spacial score (nSPS) is 11.9. The molecule has 2 aromatic rings. The van der Waals surface area contributed by atoms with Crippen LogP contribution in [0.15, 0.2) is 53.4 Å². The van der Waals surface area contributed by atoms with E-state index in [2.05, 4.69) is 5.32 Å². The molecule has 0 aliphatic rings. The van der Waals surface area contributed by atoms with Crippen LogP contribution in [0.25, 0.3) is 0 Å². The fraction of sp³-hybridized carbons (Fsp3) is 0.263. The maximum atomic E-state index is 12.6. The molecular weight excluding hydrogens is 360 g/mol. The number of rotatable bonds is 7. The molecule has 1 N–H and O–H groups in total. The molecule has 0 fully saturated rings. The SMILES string of the molecule is Cc1ccc(CNC(=O)[C@@H](C)OC(=O)c2ccccc2SC(F)F)cc1. The van der Waals surface area contributed by atoms with Crippen LogP contribution in [-0.4, -0.2) is 23.7 Å². The maximum absolute atomic E-state index is 12.6. The maximum Gasteiger partial charge on any atom is 0.340 e. The largest absolute Gasteiger partial charge is 0.449 e. The molecule has 0 heterocycles. The number of halogens is 2. The molecule has 26 heavy (non-hydrogen) atoms. The quantitative estimate of drug-likeness (QED) is 0.579. The molecule has 2 rings (SSSR count). The number of ether oxygens (including phenoxy) is 1. The molecule has 0 aliphatic heterocycles. The molecular formula is C19H19F2NO3S. The highest BCUT2D eigenvalue weighted by Crippen LogP contribution is 2.28. The van der Waals surface area contributed by atoms with Crippen LogP contribution in [0.5, 0.6) is 0 Å². The third-order valence-electron chi connectivity index (χ3n) is 3.56. The van der Waals surface area contributed by atoms with Crippen LogP contribution in [0.4, 0.5) is 8.78 Å². The molecule has 0 radical (unpaired) electrons. The molecule has 1 atom stereocenters. The highest BCUT2D eigenvalue weighted by molar-refractivity contribution is 7.99. The van der Waals surface area contributed by atoms with Crippen molar-refractivity contribution in [3.63, 3.8) is 0 Å². The number of hydrogen-bond acceptors (Lipinski definition) is 4. The van der Waals surface area contributed by atoms with Crippen molar-refractivity contribution in [1.82, 2.24) is 5.32 Å². The second-order valence-electron chi connectivity index (χ2n) is 5.63. The number of esters is 1.